The summed E-state index contributed by atoms with van der Waals surface area (Å²) in [5, 5.41) is 5.04. The molecule has 2 aliphatic rings. The zero-order valence-corrected chi connectivity index (χ0v) is 8.04. The molecule has 2 N–H and O–H groups in total. The highest BCUT2D eigenvalue weighted by Crippen LogP contribution is 2.38. The summed E-state index contributed by atoms with van der Waals surface area (Å²) >= 11 is 0. The van der Waals surface area contributed by atoms with Crippen LogP contribution in [0.4, 0.5) is 4.79 Å². The Hall–Kier alpha value is -1.84. The molecule has 1 atom stereocenters. The van der Waals surface area contributed by atoms with Crippen LogP contribution in [0.2, 0.25) is 0 Å². The number of benzene rings is 1. The van der Waals surface area contributed by atoms with E-state index in [-0.39, 0.29) is 5.91 Å². The molecule has 1 aliphatic carbocycles. The summed E-state index contributed by atoms with van der Waals surface area (Å²) in [4.78, 5) is 23.0. The van der Waals surface area contributed by atoms with Gasteiger partial charge in [-0.15, -0.1) is 0 Å². The monoisotopic (exact) mass is 202 g/mol. The number of nitrogens with one attached hydrogen (secondary N) is 2. The fraction of sp³-hybridized carbons (Fsp3) is 0.273. The van der Waals surface area contributed by atoms with Crippen molar-refractivity contribution in [2.24, 2.45) is 0 Å². The standard InChI is InChI=1S/C11H10N2O2/c14-9-11(13-10(15)12-9)6-5-7-3-1-2-4-8(7)11/h1-4H,5-6H2,(H2,12,13,14,15)/t11-/m1/s1. The maximum atomic E-state index is 11.8. The third-order valence-corrected chi connectivity index (χ3v) is 3.19. The van der Waals surface area contributed by atoms with Crippen LogP contribution in [0.15, 0.2) is 24.3 Å². The van der Waals surface area contributed by atoms with Gasteiger partial charge in [-0.1, -0.05) is 24.3 Å². The first-order chi connectivity index (χ1) is 7.22. The molecule has 4 nitrogen and oxygen atoms in total. The van der Waals surface area contributed by atoms with Gasteiger partial charge < -0.3 is 5.32 Å². The van der Waals surface area contributed by atoms with Gasteiger partial charge in [0, 0.05) is 0 Å². The second-order valence-corrected chi connectivity index (χ2v) is 3.97. The summed E-state index contributed by atoms with van der Waals surface area (Å²) in [5.41, 5.74) is 1.29. The predicted octanol–water partition coefficient (Wildman–Crippen LogP) is 0.667. The molecule has 1 aromatic carbocycles. The number of carbonyl (C=O) groups is 2. The Morgan fingerprint density at radius 3 is 2.73 bits per heavy atom. The van der Waals surface area contributed by atoms with Gasteiger partial charge in [0.25, 0.3) is 5.91 Å². The second-order valence-electron chi connectivity index (χ2n) is 3.97. The van der Waals surface area contributed by atoms with Crippen LogP contribution in [0.1, 0.15) is 17.5 Å². The fourth-order valence-electron chi connectivity index (χ4n) is 2.47. The van der Waals surface area contributed by atoms with Gasteiger partial charge in [0.05, 0.1) is 0 Å². The number of hydrogen-bond acceptors (Lipinski definition) is 2. The topological polar surface area (TPSA) is 58.2 Å². The lowest BCUT2D eigenvalue weighted by atomic mass is 9.92. The van der Waals surface area contributed by atoms with Gasteiger partial charge in [0.1, 0.15) is 5.54 Å². The molecule has 0 aromatic heterocycles. The van der Waals surface area contributed by atoms with Gasteiger partial charge in [-0.3, -0.25) is 10.1 Å². The Bertz CT molecular complexity index is 469. The summed E-state index contributed by atoms with van der Waals surface area (Å²) < 4.78 is 0. The molecule has 15 heavy (non-hydrogen) atoms. The van der Waals surface area contributed by atoms with E-state index in [1.807, 2.05) is 24.3 Å². The third-order valence-electron chi connectivity index (χ3n) is 3.19. The molecule has 1 saturated heterocycles. The van der Waals surface area contributed by atoms with Crippen LogP contribution in [0.5, 0.6) is 0 Å². The van der Waals surface area contributed by atoms with Crippen molar-refractivity contribution in [1.82, 2.24) is 10.6 Å². The minimum Gasteiger partial charge on any atom is -0.319 e. The molecule has 0 radical (unpaired) electrons. The van der Waals surface area contributed by atoms with E-state index in [2.05, 4.69) is 10.6 Å². The van der Waals surface area contributed by atoms with E-state index in [1.54, 1.807) is 0 Å². The Balaban J connectivity index is 2.17. The van der Waals surface area contributed by atoms with Crippen LogP contribution in [0, 0.1) is 0 Å². The van der Waals surface area contributed by atoms with Gasteiger partial charge in [-0.2, -0.15) is 0 Å². The molecule has 0 bridgehead atoms. The van der Waals surface area contributed by atoms with Crippen LogP contribution < -0.4 is 10.6 Å². The summed E-state index contributed by atoms with van der Waals surface area (Å²) in [5.74, 6) is -0.225. The van der Waals surface area contributed by atoms with Gasteiger partial charge in [-0.05, 0) is 24.0 Å². The molecule has 0 saturated carbocycles. The van der Waals surface area contributed by atoms with E-state index in [9.17, 15) is 9.59 Å². The number of carbonyl (C=O) groups excluding carboxylic acids is 2. The number of rotatable bonds is 0. The van der Waals surface area contributed by atoms with Crippen LogP contribution in [-0.2, 0) is 16.8 Å². The Morgan fingerprint density at radius 2 is 2.00 bits per heavy atom. The van der Waals surface area contributed by atoms with Crippen LogP contribution >= 0.6 is 0 Å². The van der Waals surface area contributed by atoms with E-state index in [4.69, 9.17) is 0 Å². The first kappa shape index (κ1) is 8.47. The molecular weight excluding hydrogens is 192 g/mol. The molecule has 1 aromatic rings. The smallest absolute Gasteiger partial charge is 0.319 e. The number of imide groups is 1. The number of hydrogen-bond donors (Lipinski definition) is 2. The zero-order valence-electron chi connectivity index (χ0n) is 8.04. The average molecular weight is 202 g/mol. The molecule has 4 heteroatoms. The molecule has 1 aliphatic heterocycles. The largest absolute Gasteiger partial charge is 0.322 e. The van der Waals surface area contributed by atoms with Crippen molar-refractivity contribution in [2.45, 2.75) is 18.4 Å². The van der Waals surface area contributed by atoms with Crippen LogP contribution in [-0.4, -0.2) is 11.9 Å². The number of urea groups is 1. The number of amides is 3. The lowest BCUT2D eigenvalue weighted by molar-refractivity contribution is -0.124. The van der Waals surface area contributed by atoms with Crippen molar-refractivity contribution in [3.63, 3.8) is 0 Å². The molecule has 1 spiro atoms. The minimum absolute atomic E-state index is 0.225. The predicted molar refractivity (Wildman–Crippen MR) is 53.1 cm³/mol. The van der Waals surface area contributed by atoms with Crippen molar-refractivity contribution in [3.05, 3.63) is 35.4 Å². The normalized spacial score (nSPS) is 27.7. The van der Waals surface area contributed by atoms with Crippen molar-refractivity contribution >= 4 is 11.9 Å². The fourth-order valence-corrected chi connectivity index (χ4v) is 2.47. The molecule has 1 fully saturated rings. The lowest BCUT2D eigenvalue weighted by Crippen LogP contribution is -2.41. The summed E-state index contributed by atoms with van der Waals surface area (Å²) in [7, 11) is 0. The summed E-state index contributed by atoms with van der Waals surface area (Å²) in [6.07, 6.45) is 1.49. The van der Waals surface area contributed by atoms with E-state index in [0.29, 0.717) is 6.42 Å². The first-order valence-electron chi connectivity index (χ1n) is 4.94. The Labute approximate surface area is 86.7 Å². The van der Waals surface area contributed by atoms with Crippen molar-refractivity contribution in [2.75, 3.05) is 0 Å². The van der Waals surface area contributed by atoms with Gasteiger partial charge in [-0.25, -0.2) is 4.79 Å². The first-order valence-corrected chi connectivity index (χ1v) is 4.94. The van der Waals surface area contributed by atoms with Crippen LogP contribution in [0.3, 0.4) is 0 Å². The van der Waals surface area contributed by atoms with Crippen LogP contribution in [0.25, 0.3) is 0 Å². The summed E-state index contributed by atoms with van der Waals surface area (Å²) in [6, 6.07) is 7.36. The SMILES string of the molecule is O=C1NC(=O)[C@]2(CCc3ccccc32)N1. The highest BCUT2D eigenvalue weighted by molar-refractivity contribution is 6.08. The second kappa shape index (κ2) is 2.59. The number of aryl methyl sites for hydroxylation is 1. The Morgan fingerprint density at radius 1 is 1.20 bits per heavy atom. The van der Waals surface area contributed by atoms with E-state index in [0.717, 1.165) is 17.5 Å². The molecular formula is C11H10N2O2. The van der Waals surface area contributed by atoms with Gasteiger partial charge in [0.2, 0.25) is 0 Å². The maximum absolute atomic E-state index is 11.8. The highest BCUT2D eigenvalue weighted by atomic mass is 16.2. The maximum Gasteiger partial charge on any atom is 0.322 e. The van der Waals surface area contributed by atoms with Crippen molar-refractivity contribution < 1.29 is 9.59 Å². The average Bonchev–Trinajstić information content (AvgIpc) is 2.72. The highest BCUT2D eigenvalue weighted by Gasteiger charge is 2.51. The minimum atomic E-state index is -0.798. The molecule has 3 rings (SSSR count). The summed E-state index contributed by atoms with van der Waals surface area (Å²) in [6.45, 7) is 0. The van der Waals surface area contributed by atoms with Gasteiger partial charge >= 0.3 is 6.03 Å². The number of fused-ring (bicyclic) bond motifs is 2. The molecule has 76 valence electrons. The molecule has 0 unspecified atom stereocenters. The zero-order chi connectivity index (χ0) is 10.5. The van der Waals surface area contributed by atoms with Crippen molar-refractivity contribution in [1.29, 1.82) is 0 Å². The third kappa shape index (κ3) is 0.960. The van der Waals surface area contributed by atoms with Gasteiger partial charge in [0.15, 0.2) is 0 Å². The Kier molecular flexibility index (Phi) is 1.46. The molecule has 1 heterocycles. The quantitative estimate of drug-likeness (QED) is 0.607. The molecule has 3 amide bonds. The van der Waals surface area contributed by atoms with E-state index >= 15 is 0 Å². The lowest BCUT2D eigenvalue weighted by Gasteiger charge is -2.20. The van der Waals surface area contributed by atoms with E-state index < -0.39 is 11.6 Å². The van der Waals surface area contributed by atoms with Crippen molar-refractivity contribution in [3.8, 4) is 0 Å². The van der Waals surface area contributed by atoms with E-state index in [1.165, 1.54) is 0 Å².